The first kappa shape index (κ1) is 41.6. The Labute approximate surface area is 332 Å². The van der Waals surface area contributed by atoms with E-state index in [-0.39, 0.29) is 81.0 Å². The lowest BCUT2D eigenvalue weighted by atomic mass is 9.93. The molecule has 4 aliphatic rings. The predicted molar refractivity (Wildman–Crippen MR) is 207 cm³/mol. The maximum absolute atomic E-state index is 14.0. The van der Waals surface area contributed by atoms with E-state index in [1.165, 1.54) is 15.9 Å². The number of morpholine rings is 1. The van der Waals surface area contributed by atoms with Gasteiger partial charge in [0.1, 0.15) is 29.6 Å². The minimum Gasteiger partial charge on any atom is -0.483 e. The van der Waals surface area contributed by atoms with Gasteiger partial charge in [-0.1, -0.05) is 13.0 Å². The number of nitrogens with one attached hydrogen (secondary N) is 2. The second-order valence-electron chi connectivity index (χ2n) is 15.3. The van der Waals surface area contributed by atoms with Gasteiger partial charge in [-0.25, -0.2) is 9.78 Å². The Morgan fingerprint density at radius 1 is 0.947 bits per heavy atom. The number of fused-ring (bicyclic) bond motifs is 1. The van der Waals surface area contributed by atoms with Crippen molar-refractivity contribution >= 4 is 46.6 Å². The molecular formula is C40H55N7O10. The lowest BCUT2D eigenvalue weighted by molar-refractivity contribution is -0.151. The Hall–Kier alpha value is -5.03. The molecule has 0 spiro atoms. The molecule has 3 aliphatic heterocycles. The molecule has 2 aromatic rings. The van der Waals surface area contributed by atoms with Gasteiger partial charge in [0.15, 0.2) is 6.61 Å². The topological polar surface area (TPSA) is 200 Å². The van der Waals surface area contributed by atoms with Gasteiger partial charge in [-0.15, -0.1) is 0 Å². The molecule has 1 unspecified atom stereocenters. The average Bonchev–Trinajstić information content (AvgIpc) is 3.70. The quantitative estimate of drug-likeness (QED) is 0.222. The van der Waals surface area contributed by atoms with Crippen molar-refractivity contribution in [1.82, 2.24) is 35.2 Å². The van der Waals surface area contributed by atoms with Gasteiger partial charge in [-0.2, -0.15) is 0 Å². The molecule has 57 heavy (non-hydrogen) atoms. The molecule has 3 atom stereocenters. The summed E-state index contributed by atoms with van der Waals surface area (Å²) in [6.07, 6.45) is 3.22. The summed E-state index contributed by atoms with van der Waals surface area (Å²) < 4.78 is 17.3. The average molecular weight is 794 g/mol. The summed E-state index contributed by atoms with van der Waals surface area (Å²) >= 11 is 0. The number of ether oxygens (including phenoxy) is 3. The van der Waals surface area contributed by atoms with Gasteiger partial charge < -0.3 is 44.7 Å². The maximum atomic E-state index is 14.0. The van der Waals surface area contributed by atoms with Crippen molar-refractivity contribution in [1.29, 1.82) is 0 Å². The summed E-state index contributed by atoms with van der Waals surface area (Å²) in [4.78, 5) is 90.1. The van der Waals surface area contributed by atoms with Gasteiger partial charge in [-0.05, 0) is 69.6 Å². The zero-order valence-corrected chi connectivity index (χ0v) is 32.9. The van der Waals surface area contributed by atoms with Crippen molar-refractivity contribution in [3.8, 4) is 5.75 Å². The number of pyridine rings is 1. The van der Waals surface area contributed by atoms with Crippen LogP contribution in [0.1, 0.15) is 74.3 Å². The fraction of sp³-hybridized carbons (Fsp3) is 0.625. The zero-order chi connectivity index (χ0) is 40.5. The van der Waals surface area contributed by atoms with Crippen molar-refractivity contribution in [2.45, 2.75) is 89.4 Å². The third kappa shape index (κ3) is 10.9. The number of piperazine rings is 1. The van der Waals surface area contributed by atoms with Crippen LogP contribution >= 0.6 is 0 Å². The molecule has 1 aromatic heterocycles. The number of aromatic nitrogens is 1. The third-order valence-electron chi connectivity index (χ3n) is 11.3. The maximum Gasteiger partial charge on any atom is 0.407 e. The van der Waals surface area contributed by atoms with Gasteiger partial charge >= 0.3 is 12.1 Å². The molecule has 17 nitrogen and oxygen atoms in total. The van der Waals surface area contributed by atoms with Crippen molar-refractivity contribution in [3.63, 3.8) is 0 Å². The number of aryl methyl sites for hydroxylation is 1. The van der Waals surface area contributed by atoms with Crippen LogP contribution in [0.4, 0.5) is 4.79 Å². The monoisotopic (exact) mass is 793 g/mol. The molecule has 310 valence electrons. The fourth-order valence-corrected chi connectivity index (χ4v) is 7.61. The van der Waals surface area contributed by atoms with Gasteiger partial charge in [0.25, 0.3) is 11.8 Å². The van der Waals surface area contributed by atoms with Crippen LogP contribution in [-0.4, -0.2) is 162 Å². The van der Waals surface area contributed by atoms with Crippen molar-refractivity contribution in [2.24, 2.45) is 0 Å². The van der Waals surface area contributed by atoms with E-state index in [1.807, 2.05) is 19.9 Å². The van der Waals surface area contributed by atoms with Gasteiger partial charge in [0.2, 0.25) is 11.8 Å². The highest BCUT2D eigenvalue weighted by Crippen LogP contribution is 2.28. The molecule has 0 bridgehead atoms. The molecule has 4 fully saturated rings. The second-order valence-corrected chi connectivity index (χ2v) is 15.3. The third-order valence-corrected chi connectivity index (χ3v) is 11.3. The van der Waals surface area contributed by atoms with E-state index in [4.69, 9.17) is 14.2 Å². The first-order chi connectivity index (χ1) is 27.5. The van der Waals surface area contributed by atoms with Crippen LogP contribution in [0, 0.1) is 6.92 Å². The highest BCUT2D eigenvalue weighted by Gasteiger charge is 2.36. The van der Waals surface area contributed by atoms with Crippen LogP contribution in [0.5, 0.6) is 5.75 Å². The summed E-state index contributed by atoms with van der Waals surface area (Å²) in [5.41, 5.74) is 1.24. The standard InChI is InChI=1S/C40H55N7O10/c1-3-28(24-44-18-20-55-21-19-44)57-36(49)12-11-30(39(52)45-14-16-46(17-15-45)40(53)54)43-37(50)32-23-34(29-10-9-26(2)22-31(29)42-32)56-25-35(48)47-13-5-8-33(47)38(51)41-27-6-4-7-27/h9-10,22-23,27-28,30,33H,3-8,11-21,24-25H2,1-2H3,(H,41,51)(H,43,50)(H,53,54)/t28?,30-,33-/m0/s1. The minimum atomic E-state index is -1.15. The van der Waals surface area contributed by atoms with Crippen LogP contribution in [-0.2, 0) is 28.7 Å². The number of amides is 5. The van der Waals surface area contributed by atoms with E-state index in [0.717, 1.165) is 37.9 Å². The smallest absolute Gasteiger partial charge is 0.407 e. The van der Waals surface area contributed by atoms with Crippen LogP contribution < -0.4 is 15.4 Å². The van der Waals surface area contributed by atoms with Crippen molar-refractivity contribution in [2.75, 3.05) is 72.2 Å². The Morgan fingerprint density at radius 2 is 1.68 bits per heavy atom. The van der Waals surface area contributed by atoms with Crippen molar-refractivity contribution in [3.05, 3.63) is 35.5 Å². The zero-order valence-electron chi connectivity index (χ0n) is 32.9. The summed E-state index contributed by atoms with van der Waals surface area (Å²) in [7, 11) is 0. The van der Waals surface area contributed by atoms with E-state index in [9.17, 15) is 33.9 Å². The number of hydrogen-bond acceptors (Lipinski definition) is 11. The summed E-state index contributed by atoms with van der Waals surface area (Å²) in [6.45, 7) is 7.65. The van der Waals surface area contributed by atoms with Crippen LogP contribution in [0.25, 0.3) is 10.9 Å². The molecule has 3 saturated heterocycles. The van der Waals surface area contributed by atoms with E-state index < -0.39 is 36.0 Å². The minimum absolute atomic E-state index is 0.0631. The molecule has 3 N–H and O–H groups in total. The van der Waals surface area contributed by atoms with Gasteiger partial charge in [0.05, 0.1) is 18.7 Å². The number of likely N-dealkylation sites (tertiary alicyclic amines) is 1. The number of carbonyl (C=O) groups is 6. The lowest BCUT2D eigenvalue weighted by Gasteiger charge is -2.35. The molecule has 6 rings (SSSR count). The molecule has 1 aliphatic carbocycles. The fourth-order valence-electron chi connectivity index (χ4n) is 7.61. The molecule has 4 heterocycles. The van der Waals surface area contributed by atoms with Crippen LogP contribution in [0.15, 0.2) is 24.3 Å². The number of hydrogen-bond donors (Lipinski definition) is 3. The molecule has 17 heteroatoms. The molecule has 0 radical (unpaired) electrons. The van der Waals surface area contributed by atoms with Gasteiger partial charge in [0, 0.05) is 76.3 Å². The Balaban J connectivity index is 1.15. The number of rotatable bonds is 15. The second kappa shape index (κ2) is 19.4. The predicted octanol–water partition coefficient (Wildman–Crippen LogP) is 1.94. The first-order valence-corrected chi connectivity index (χ1v) is 20.2. The van der Waals surface area contributed by atoms with Crippen molar-refractivity contribution < 1.29 is 48.1 Å². The molecule has 1 aromatic carbocycles. The number of carbonyl (C=O) groups excluding carboxylic acids is 5. The van der Waals surface area contributed by atoms with E-state index in [2.05, 4.69) is 20.5 Å². The number of carboxylic acid groups (broad SMARTS) is 1. The highest BCUT2D eigenvalue weighted by atomic mass is 16.5. The first-order valence-electron chi connectivity index (χ1n) is 20.2. The van der Waals surface area contributed by atoms with E-state index in [1.54, 1.807) is 17.0 Å². The number of nitrogens with zero attached hydrogens (tertiary/aromatic N) is 5. The molecule has 1 saturated carbocycles. The van der Waals surface area contributed by atoms with Crippen LogP contribution in [0.3, 0.4) is 0 Å². The Bertz CT molecular complexity index is 1790. The highest BCUT2D eigenvalue weighted by molar-refractivity contribution is 5.99. The lowest BCUT2D eigenvalue weighted by Crippen LogP contribution is -2.55. The molecular weight excluding hydrogens is 738 g/mol. The van der Waals surface area contributed by atoms with E-state index in [0.29, 0.717) is 56.5 Å². The number of benzene rings is 1. The summed E-state index contributed by atoms with van der Waals surface area (Å²) in [6, 6.07) is 5.31. The van der Waals surface area contributed by atoms with Gasteiger partial charge in [-0.3, -0.25) is 28.9 Å². The largest absolute Gasteiger partial charge is 0.483 e. The normalized spacial score (nSPS) is 20.0. The summed E-state index contributed by atoms with van der Waals surface area (Å²) in [5, 5.41) is 15.8. The summed E-state index contributed by atoms with van der Waals surface area (Å²) in [5.74, 6) is -1.92. The molecule has 5 amide bonds. The van der Waals surface area contributed by atoms with Crippen LogP contribution in [0.2, 0.25) is 0 Å². The Morgan fingerprint density at radius 3 is 2.37 bits per heavy atom. The SMILES string of the molecule is CCC(CN1CCOCC1)OC(=O)CC[C@H](NC(=O)c1cc(OCC(=O)N2CCC[C@H]2C(=O)NC2CCC2)c2ccc(C)cc2n1)C(=O)N1CCN(C(=O)O)CC1. The van der Waals surface area contributed by atoms with E-state index >= 15 is 0 Å². The Kier molecular flexibility index (Phi) is 14.2. The number of esters is 1.